The van der Waals surface area contributed by atoms with Crippen LogP contribution in [0.25, 0.3) is 0 Å². The minimum Gasteiger partial charge on any atom is -0.497 e. The average Bonchev–Trinajstić information content (AvgIpc) is 3.13. The number of amides is 1. The number of hydrogen-bond donors (Lipinski definition) is 0. The molecular formula is C20H19NO2S. The molecule has 3 aromatic rings. The van der Waals surface area contributed by atoms with E-state index in [-0.39, 0.29) is 5.91 Å². The van der Waals surface area contributed by atoms with Crippen LogP contribution >= 0.6 is 11.3 Å². The minimum absolute atomic E-state index is 0.0170. The zero-order valence-corrected chi connectivity index (χ0v) is 14.5. The number of methoxy groups -OCH3 is 1. The van der Waals surface area contributed by atoms with Crippen molar-refractivity contribution in [1.82, 2.24) is 0 Å². The van der Waals surface area contributed by atoms with Crippen molar-refractivity contribution in [3.8, 4) is 5.75 Å². The Morgan fingerprint density at radius 1 is 1.08 bits per heavy atom. The third-order valence-corrected chi connectivity index (χ3v) is 4.66. The van der Waals surface area contributed by atoms with E-state index in [1.165, 1.54) is 0 Å². The van der Waals surface area contributed by atoms with Crippen LogP contribution in [-0.4, -0.2) is 13.0 Å². The third kappa shape index (κ3) is 3.66. The van der Waals surface area contributed by atoms with Crippen LogP contribution in [0, 0.1) is 6.92 Å². The number of aryl methyl sites for hydroxylation is 1. The Morgan fingerprint density at radius 3 is 2.54 bits per heavy atom. The summed E-state index contributed by atoms with van der Waals surface area (Å²) < 4.78 is 5.31. The fourth-order valence-corrected chi connectivity index (χ4v) is 3.16. The molecule has 4 heteroatoms. The molecule has 1 amide bonds. The summed E-state index contributed by atoms with van der Waals surface area (Å²) in [5, 5.41) is 2.02. The van der Waals surface area contributed by atoms with Gasteiger partial charge in [-0.15, -0.1) is 11.3 Å². The molecule has 0 saturated heterocycles. The lowest BCUT2D eigenvalue weighted by atomic mass is 10.1. The monoisotopic (exact) mass is 337 g/mol. The first-order valence-electron chi connectivity index (χ1n) is 7.72. The molecule has 0 spiro atoms. The van der Waals surface area contributed by atoms with Crippen molar-refractivity contribution >= 4 is 22.9 Å². The van der Waals surface area contributed by atoms with Crippen LogP contribution in [0.4, 0.5) is 5.69 Å². The molecule has 1 heterocycles. The van der Waals surface area contributed by atoms with Gasteiger partial charge in [-0.25, -0.2) is 0 Å². The summed E-state index contributed by atoms with van der Waals surface area (Å²) in [4.78, 5) is 16.0. The standard InChI is InChI=1S/C20H19NO2S/c1-15-8-10-16(11-9-15)20(22)21(14-19-7-4-12-24-19)17-5-3-6-18(13-17)23-2/h3-13H,14H2,1-2H3. The number of hydrogen-bond acceptors (Lipinski definition) is 3. The number of carbonyl (C=O) groups is 1. The van der Waals surface area contributed by atoms with Crippen LogP contribution in [0.5, 0.6) is 5.75 Å². The summed E-state index contributed by atoms with van der Waals surface area (Å²) in [6.07, 6.45) is 0. The highest BCUT2D eigenvalue weighted by molar-refractivity contribution is 7.09. The molecule has 0 fully saturated rings. The largest absolute Gasteiger partial charge is 0.497 e. The molecule has 3 nitrogen and oxygen atoms in total. The molecule has 0 radical (unpaired) electrons. The second kappa shape index (κ2) is 7.32. The van der Waals surface area contributed by atoms with Crippen LogP contribution in [0.2, 0.25) is 0 Å². The predicted molar refractivity (Wildman–Crippen MR) is 99.0 cm³/mol. The maximum absolute atomic E-state index is 13.1. The lowest BCUT2D eigenvalue weighted by molar-refractivity contribution is 0.0985. The van der Waals surface area contributed by atoms with E-state index in [0.717, 1.165) is 21.9 Å². The highest BCUT2D eigenvalue weighted by Crippen LogP contribution is 2.25. The summed E-state index contributed by atoms with van der Waals surface area (Å²) in [5.74, 6) is 0.719. The number of carbonyl (C=O) groups excluding carboxylic acids is 1. The molecule has 0 bridgehead atoms. The number of thiophene rings is 1. The van der Waals surface area contributed by atoms with E-state index in [1.807, 2.05) is 73.0 Å². The van der Waals surface area contributed by atoms with Gasteiger partial charge in [0.1, 0.15) is 5.75 Å². The Kier molecular flexibility index (Phi) is 4.96. The van der Waals surface area contributed by atoms with E-state index in [1.54, 1.807) is 23.3 Å². The first kappa shape index (κ1) is 16.3. The van der Waals surface area contributed by atoms with Gasteiger partial charge in [-0.2, -0.15) is 0 Å². The van der Waals surface area contributed by atoms with E-state index < -0.39 is 0 Å². The van der Waals surface area contributed by atoms with E-state index in [9.17, 15) is 4.79 Å². The number of rotatable bonds is 5. The van der Waals surface area contributed by atoms with E-state index in [0.29, 0.717) is 12.1 Å². The third-order valence-electron chi connectivity index (χ3n) is 3.80. The number of anilines is 1. The van der Waals surface area contributed by atoms with Gasteiger partial charge in [-0.05, 0) is 42.6 Å². The van der Waals surface area contributed by atoms with Crippen molar-refractivity contribution in [2.24, 2.45) is 0 Å². The molecule has 0 N–H and O–H groups in total. The maximum Gasteiger partial charge on any atom is 0.258 e. The molecule has 0 aliphatic carbocycles. The molecule has 24 heavy (non-hydrogen) atoms. The van der Waals surface area contributed by atoms with Crippen molar-refractivity contribution in [3.63, 3.8) is 0 Å². The molecule has 0 saturated carbocycles. The Labute approximate surface area is 146 Å². The van der Waals surface area contributed by atoms with E-state index in [4.69, 9.17) is 4.74 Å². The quantitative estimate of drug-likeness (QED) is 0.662. The van der Waals surface area contributed by atoms with Crippen LogP contribution in [0.3, 0.4) is 0 Å². The molecule has 0 aliphatic rings. The number of nitrogens with zero attached hydrogens (tertiary/aromatic N) is 1. The molecule has 0 unspecified atom stereocenters. The Bertz CT molecular complexity index is 810. The average molecular weight is 337 g/mol. The van der Waals surface area contributed by atoms with Crippen molar-refractivity contribution in [2.75, 3.05) is 12.0 Å². The number of ether oxygens (including phenoxy) is 1. The normalized spacial score (nSPS) is 10.4. The fraction of sp³-hybridized carbons (Fsp3) is 0.150. The van der Waals surface area contributed by atoms with Crippen molar-refractivity contribution in [1.29, 1.82) is 0 Å². The van der Waals surface area contributed by atoms with Crippen LogP contribution in [0.15, 0.2) is 66.0 Å². The van der Waals surface area contributed by atoms with Crippen LogP contribution in [-0.2, 0) is 6.54 Å². The minimum atomic E-state index is -0.0170. The molecule has 0 atom stereocenters. The van der Waals surface area contributed by atoms with Gasteiger partial charge in [-0.3, -0.25) is 4.79 Å². The molecule has 122 valence electrons. The summed E-state index contributed by atoms with van der Waals surface area (Å²) in [6, 6.07) is 19.3. The zero-order chi connectivity index (χ0) is 16.9. The first-order valence-corrected chi connectivity index (χ1v) is 8.60. The van der Waals surface area contributed by atoms with Gasteiger partial charge in [-0.1, -0.05) is 29.8 Å². The first-order chi connectivity index (χ1) is 11.7. The second-order valence-electron chi connectivity index (χ2n) is 5.54. The molecule has 3 rings (SSSR count). The van der Waals surface area contributed by atoms with E-state index >= 15 is 0 Å². The maximum atomic E-state index is 13.1. The van der Waals surface area contributed by atoms with Gasteiger partial charge in [0.25, 0.3) is 5.91 Å². The van der Waals surface area contributed by atoms with Gasteiger partial charge in [0.15, 0.2) is 0 Å². The summed E-state index contributed by atoms with van der Waals surface area (Å²) in [5.41, 5.74) is 2.64. The molecule has 2 aromatic carbocycles. The lowest BCUT2D eigenvalue weighted by Gasteiger charge is -2.23. The fourth-order valence-electron chi connectivity index (χ4n) is 2.47. The second-order valence-corrected chi connectivity index (χ2v) is 6.57. The highest BCUT2D eigenvalue weighted by Gasteiger charge is 2.19. The summed E-state index contributed by atoms with van der Waals surface area (Å²) in [6.45, 7) is 2.55. The van der Waals surface area contributed by atoms with Gasteiger partial charge in [0, 0.05) is 22.2 Å². The summed E-state index contributed by atoms with van der Waals surface area (Å²) >= 11 is 1.65. The lowest BCUT2D eigenvalue weighted by Crippen LogP contribution is -2.30. The van der Waals surface area contributed by atoms with Crippen molar-refractivity contribution in [2.45, 2.75) is 13.5 Å². The van der Waals surface area contributed by atoms with Gasteiger partial charge in [0.2, 0.25) is 0 Å². The SMILES string of the molecule is COc1cccc(N(Cc2cccs2)C(=O)c2ccc(C)cc2)c1. The molecule has 1 aromatic heterocycles. The smallest absolute Gasteiger partial charge is 0.258 e. The van der Waals surface area contributed by atoms with Crippen molar-refractivity contribution < 1.29 is 9.53 Å². The Hall–Kier alpha value is -2.59. The summed E-state index contributed by atoms with van der Waals surface area (Å²) in [7, 11) is 1.63. The number of benzene rings is 2. The topological polar surface area (TPSA) is 29.5 Å². The molecular weight excluding hydrogens is 318 g/mol. The zero-order valence-electron chi connectivity index (χ0n) is 13.7. The van der Waals surface area contributed by atoms with E-state index in [2.05, 4.69) is 0 Å². The highest BCUT2D eigenvalue weighted by atomic mass is 32.1. The van der Waals surface area contributed by atoms with Gasteiger partial charge in [0.05, 0.1) is 13.7 Å². The van der Waals surface area contributed by atoms with Crippen molar-refractivity contribution in [3.05, 3.63) is 82.0 Å². The van der Waals surface area contributed by atoms with Gasteiger partial charge >= 0.3 is 0 Å². The predicted octanol–water partition coefficient (Wildman–Crippen LogP) is 4.91. The Balaban J connectivity index is 1.97. The molecule has 0 aliphatic heterocycles. The van der Waals surface area contributed by atoms with Crippen LogP contribution < -0.4 is 9.64 Å². The van der Waals surface area contributed by atoms with Gasteiger partial charge < -0.3 is 9.64 Å². The van der Waals surface area contributed by atoms with Crippen LogP contribution in [0.1, 0.15) is 20.8 Å². The Morgan fingerprint density at radius 2 is 1.88 bits per heavy atom.